The Balaban J connectivity index is 2.01. The van der Waals surface area contributed by atoms with E-state index in [1.54, 1.807) is 42.5 Å². The number of hydrogen-bond donors (Lipinski definition) is 2. The van der Waals surface area contributed by atoms with E-state index in [9.17, 15) is 4.79 Å². The third-order valence-corrected chi connectivity index (χ3v) is 3.13. The number of nitrogen functional groups attached to an aromatic ring is 1. The number of amides is 1. The molecule has 3 N–H and O–H groups in total. The van der Waals surface area contributed by atoms with Crippen LogP contribution >= 0.6 is 11.6 Å². The molecule has 0 heterocycles. The molecule has 0 spiro atoms. The normalized spacial score (nSPS) is 9.76. The molecule has 21 heavy (non-hydrogen) atoms. The van der Waals surface area contributed by atoms with Crippen LogP contribution in [0.5, 0.6) is 5.75 Å². The molecule has 0 aromatic heterocycles. The van der Waals surface area contributed by atoms with Gasteiger partial charge in [-0.25, -0.2) is 5.84 Å². The number of hydrazine groups is 1. The van der Waals surface area contributed by atoms with Crippen LogP contribution in [0.3, 0.4) is 0 Å². The smallest absolute Gasteiger partial charge is 0.265 e. The molecule has 0 aliphatic carbocycles. The largest absolute Gasteiger partial charge is 0.489 e. The second-order valence-corrected chi connectivity index (χ2v) is 4.62. The molecular formula is C15H12ClN3O2. The molecule has 1 amide bonds. The molecular weight excluding hydrogens is 290 g/mol. The van der Waals surface area contributed by atoms with Crippen molar-refractivity contribution in [3.05, 3.63) is 64.2 Å². The van der Waals surface area contributed by atoms with Crippen molar-refractivity contribution in [2.45, 2.75) is 6.61 Å². The van der Waals surface area contributed by atoms with E-state index >= 15 is 0 Å². The van der Waals surface area contributed by atoms with Gasteiger partial charge in [0.1, 0.15) is 18.4 Å². The van der Waals surface area contributed by atoms with Gasteiger partial charge in [-0.1, -0.05) is 23.7 Å². The number of nitrogens with zero attached hydrogens (tertiary/aromatic N) is 1. The first-order valence-electron chi connectivity index (χ1n) is 6.06. The van der Waals surface area contributed by atoms with Crippen LogP contribution in [0.25, 0.3) is 0 Å². The molecule has 0 fully saturated rings. The Morgan fingerprint density at radius 3 is 2.57 bits per heavy atom. The standard InChI is InChI=1S/C15H12ClN3O2/c16-14-7-13(6-5-12(14)8-17)21-9-10-1-3-11(4-2-10)15(20)19-18/h1-7H,9,18H2,(H,19,20). The number of ether oxygens (including phenoxy) is 1. The summed E-state index contributed by atoms with van der Waals surface area (Å²) in [5.74, 6) is 5.28. The van der Waals surface area contributed by atoms with Gasteiger partial charge in [-0.05, 0) is 29.8 Å². The fraction of sp³-hybridized carbons (Fsp3) is 0.0667. The lowest BCUT2D eigenvalue weighted by Gasteiger charge is -2.08. The zero-order chi connectivity index (χ0) is 15.2. The molecule has 5 nitrogen and oxygen atoms in total. The van der Waals surface area contributed by atoms with E-state index in [0.717, 1.165) is 5.56 Å². The van der Waals surface area contributed by atoms with Gasteiger partial charge >= 0.3 is 0 Å². The molecule has 0 saturated heterocycles. The van der Waals surface area contributed by atoms with Crippen LogP contribution in [0.4, 0.5) is 0 Å². The predicted octanol–water partition coefficient (Wildman–Crippen LogP) is 2.39. The third-order valence-electron chi connectivity index (χ3n) is 2.81. The van der Waals surface area contributed by atoms with Gasteiger partial charge in [0, 0.05) is 11.6 Å². The summed E-state index contributed by atoms with van der Waals surface area (Å²) in [5, 5.41) is 9.14. The van der Waals surface area contributed by atoms with Crippen molar-refractivity contribution < 1.29 is 9.53 Å². The zero-order valence-electron chi connectivity index (χ0n) is 11.0. The summed E-state index contributed by atoms with van der Waals surface area (Å²) in [4.78, 5) is 11.3. The van der Waals surface area contributed by atoms with Crippen molar-refractivity contribution >= 4 is 17.5 Å². The summed E-state index contributed by atoms with van der Waals surface area (Å²) in [7, 11) is 0. The minimum atomic E-state index is -0.346. The van der Waals surface area contributed by atoms with Gasteiger partial charge in [-0.15, -0.1) is 0 Å². The summed E-state index contributed by atoms with van der Waals surface area (Å²) < 4.78 is 5.58. The maximum absolute atomic E-state index is 11.3. The third kappa shape index (κ3) is 3.72. The van der Waals surface area contributed by atoms with E-state index in [0.29, 0.717) is 28.5 Å². The summed E-state index contributed by atoms with van der Waals surface area (Å²) in [6.07, 6.45) is 0. The minimum absolute atomic E-state index is 0.326. The van der Waals surface area contributed by atoms with Crippen molar-refractivity contribution in [1.29, 1.82) is 5.26 Å². The van der Waals surface area contributed by atoms with Crippen molar-refractivity contribution in [3.63, 3.8) is 0 Å². The van der Waals surface area contributed by atoms with Crippen molar-refractivity contribution in [1.82, 2.24) is 5.43 Å². The number of rotatable bonds is 4. The summed E-state index contributed by atoms with van der Waals surface area (Å²) >= 11 is 5.92. The summed E-state index contributed by atoms with van der Waals surface area (Å²) in [5.41, 5.74) is 3.84. The first kappa shape index (κ1) is 14.9. The van der Waals surface area contributed by atoms with E-state index in [2.05, 4.69) is 5.43 Å². The highest BCUT2D eigenvalue weighted by Gasteiger charge is 2.04. The Hall–Kier alpha value is -2.55. The molecule has 0 unspecified atom stereocenters. The van der Waals surface area contributed by atoms with E-state index in [4.69, 9.17) is 27.4 Å². The molecule has 6 heteroatoms. The number of halogens is 1. The molecule has 2 rings (SSSR count). The second kappa shape index (κ2) is 6.75. The van der Waals surface area contributed by atoms with Crippen LogP contribution in [0, 0.1) is 11.3 Å². The van der Waals surface area contributed by atoms with Crippen molar-refractivity contribution in [2.75, 3.05) is 0 Å². The lowest BCUT2D eigenvalue weighted by Crippen LogP contribution is -2.29. The van der Waals surface area contributed by atoms with Crippen LogP contribution in [0.2, 0.25) is 5.02 Å². The first-order valence-corrected chi connectivity index (χ1v) is 6.44. The number of nitrogens with two attached hydrogens (primary N) is 1. The Morgan fingerprint density at radius 2 is 2.00 bits per heavy atom. The average Bonchev–Trinajstić information content (AvgIpc) is 2.52. The van der Waals surface area contributed by atoms with Gasteiger partial charge in [0.05, 0.1) is 10.6 Å². The first-order chi connectivity index (χ1) is 10.1. The highest BCUT2D eigenvalue weighted by atomic mass is 35.5. The maximum Gasteiger partial charge on any atom is 0.265 e. The lowest BCUT2D eigenvalue weighted by atomic mass is 10.1. The van der Waals surface area contributed by atoms with Gasteiger partial charge < -0.3 is 4.74 Å². The van der Waals surface area contributed by atoms with Gasteiger partial charge in [0.25, 0.3) is 5.91 Å². The van der Waals surface area contributed by atoms with E-state index in [1.165, 1.54) is 0 Å². The Morgan fingerprint density at radius 1 is 1.29 bits per heavy atom. The van der Waals surface area contributed by atoms with Gasteiger partial charge in [0.2, 0.25) is 0 Å². The number of carbonyl (C=O) groups excluding carboxylic acids is 1. The fourth-order valence-electron chi connectivity index (χ4n) is 1.68. The lowest BCUT2D eigenvalue weighted by molar-refractivity contribution is 0.0953. The molecule has 0 atom stereocenters. The molecule has 0 saturated carbocycles. The van der Waals surface area contributed by atoms with E-state index in [1.807, 2.05) is 6.07 Å². The van der Waals surface area contributed by atoms with Gasteiger partial charge in [0.15, 0.2) is 0 Å². The molecule has 2 aromatic carbocycles. The van der Waals surface area contributed by atoms with Crippen LogP contribution < -0.4 is 16.0 Å². The van der Waals surface area contributed by atoms with E-state index < -0.39 is 0 Å². The van der Waals surface area contributed by atoms with Crippen molar-refractivity contribution in [3.8, 4) is 11.8 Å². The monoisotopic (exact) mass is 301 g/mol. The van der Waals surface area contributed by atoms with Gasteiger partial charge in [-0.2, -0.15) is 5.26 Å². The number of nitrogens with one attached hydrogen (secondary N) is 1. The average molecular weight is 302 g/mol. The molecule has 0 aliphatic rings. The second-order valence-electron chi connectivity index (χ2n) is 4.21. The Kier molecular flexibility index (Phi) is 4.77. The number of hydrogen-bond acceptors (Lipinski definition) is 4. The fourth-order valence-corrected chi connectivity index (χ4v) is 1.89. The SMILES string of the molecule is N#Cc1ccc(OCc2ccc(C(=O)NN)cc2)cc1Cl. The van der Waals surface area contributed by atoms with Gasteiger partial charge in [-0.3, -0.25) is 10.2 Å². The molecule has 0 bridgehead atoms. The topological polar surface area (TPSA) is 88.1 Å². The van der Waals surface area contributed by atoms with Crippen LogP contribution in [-0.2, 0) is 6.61 Å². The predicted molar refractivity (Wildman–Crippen MR) is 78.6 cm³/mol. The van der Waals surface area contributed by atoms with Crippen LogP contribution in [0.15, 0.2) is 42.5 Å². The summed E-state index contributed by atoms with van der Waals surface area (Å²) in [6.45, 7) is 0.326. The maximum atomic E-state index is 11.3. The number of nitriles is 1. The molecule has 0 radical (unpaired) electrons. The van der Waals surface area contributed by atoms with Crippen LogP contribution in [-0.4, -0.2) is 5.91 Å². The minimum Gasteiger partial charge on any atom is -0.489 e. The van der Waals surface area contributed by atoms with E-state index in [-0.39, 0.29) is 5.91 Å². The molecule has 2 aromatic rings. The van der Waals surface area contributed by atoms with Crippen molar-refractivity contribution in [2.24, 2.45) is 5.84 Å². The summed E-state index contributed by atoms with van der Waals surface area (Å²) in [6, 6.07) is 13.7. The molecule has 0 aliphatic heterocycles. The zero-order valence-corrected chi connectivity index (χ0v) is 11.7. The number of carbonyl (C=O) groups is 1. The highest BCUT2D eigenvalue weighted by molar-refractivity contribution is 6.31. The quantitative estimate of drug-likeness (QED) is 0.515. The molecule has 106 valence electrons. The number of benzene rings is 2. The van der Waals surface area contributed by atoms with Crippen LogP contribution in [0.1, 0.15) is 21.5 Å². The Bertz CT molecular complexity index is 693. The highest BCUT2D eigenvalue weighted by Crippen LogP contribution is 2.22. The Labute approximate surface area is 126 Å².